The van der Waals surface area contributed by atoms with Crippen LogP contribution in [0.4, 0.5) is 18.9 Å². The van der Waals surface area contributed by atoms with Crippen LogP contribution in [0.15, 0.2) is 54.6 Å². The van der Waals surface area contributed by atoms with Gasteiger partial charge in [0, 0.05) is 37.9 Å². The number of aliphatic carboxylic acids is 1. The van der Waals surface area contributed by atoms with Crippen molar-refractivity contribution in [3.8, 4) is 0 Å². The summed E-state index contributed by atoms with van der Waals surface area (Å²) in [6.07, 6.45) is -1.57. The van der Waals surface area contributed by atoms with E-state index in [0.29, 0.717) is 50.4 Å². The summed E-state index contributed by atoms with van der Waals surface area (Å²) in [6.45, 7) is 3.27. The molecule has 0 aromatic heterocycles. The standard InChI is InChI=1S/C25H26F3N3O5/c26-25(27,28)20-6-8-21(9-7-20)29-24(35)23(19-4-1-18(2-5-19)3-10-22(33)34)31(17-32)12-11-30-13-15-36-16-14-30/h1-10,17,23H,11-16H2,(H,29,35)(H,33,34)/b10-3+. The quantitative estimate of drug-likeness (QED) is 0.380. The van der Waals surface area contributed by atoms with Crippen LogP contribution in [-0.4, -0.2) is 72.6 Å². The first-order valence-electron chi connectivity index (χ1n) is 11.2. The van der Waals surface area contributed by atoms with Crippen molar-refractivity contribution < 1.29 is 37.4 Å². The number of rotatable bonds is 10. The van der Waals surface area contributed by atoms with Crippen molar-refractivity contribution in [3.05, 3.63) is 71.3 Å². The number of anilines is 1. The van der Waals surface area contributed by atoms with Crippen molar-refractivity contribution in [1.82, 2.24) is 9.80 Å². The van der Waals surface area contributed by atoms with Gasteiger partial charge in [-0.2, -0.15) is 13.2 Å². The van der Waals surface area contributed by atoms with Crippen LogP contribution >= 0.6 is 0 Å². The molecular formula is C25H26F3N3O5. The summed E-state index contributed by atoms with van der Waals surface area (Å²) in [5.41, 5.74) is 0.343. The highest BCUT2D eigenvalue weighted by Crippen LogP contribution is 2.30. The van der Waals surface area contributed by atoms with E-state index in [1.54, 1.807) is 24.3 Å². The Kier molecular flexibility index (Phi) is 9.20. The summed E-state index contributed by atoms with van der Waals surface area (Å²) in [6, 6.07) is 9.38. The Morgan fingerprint density at radius 2 is 1.72 bits per heavy atom. The zero-order valence-electron chi connectivity index (χ0n) is 19.3. The summed E-state index contributed by atoms with van der Waals surface area (Å²) in [4.78, 5) is 39.5. The predicted octanol–water partition coefficient (Wildman–Crippen LogP) is 3.27. The van der Waals surface area contributed by atoms with Crippen molar-refractivity contribution in [2.24, 2.45) is 0 Å². The molecule has 2 amide bonds. The van der Waals surface area contributed by atoms with Gasteiger partial charge in [-0.15, -0.1) is 0 Å². The van der Waals surface area contributed by atoms with E-state index in [1.807, 2.05) is 0 Å². The number of morpholine rings is 1. The van der Waals surface area contributed by atoms with E-state index in [-0.39, 0.29) is 12.2 Å². The van der Waals surface area contributed by atoms with Crippen LogP contribution in [-0.2, 0) is 25.3 Å². The second kappa shape index (κ2) is 12.3. The Morgan fingerprint density at radius 3 is 2.28 bits per heavy atom. The largest absolute Gasteiger partial charge is 0.478 e. The minimum atomic E-state index is -4.50. The third kappa shape index (κ3) is 7.65. The van der Waals surface area contributed by atoms with Gasteiger partial charge in [0.15, 0.2) is 0 Å². The second-order valence-corrected chi connectivity index (χ2v) is 8.10. The van der Waals surface area contributed by atoms with E-state index >= 15 is 0 Å². The minimum absolute atomic E-state index is 0.151. The van der Waals surface area contributed by atoms with Gasteiger partial charge in [0.2, 0.25) is 6.41 Å². The molecule has 36 heavy (non-hydrogen) atoms. The van der Waals surface area contributed by atoms with Crippen LogP contribution in [0.2, 0.25) is 0 Å². The Labute approximate surface area is 205 Å². The summed E-state index contributed by atoms with van der Waals surface area (Å²) in [5, 5.41) is 11.4. The molecule has 0 bridgehead atoms. The molecule has 1 unspecified atom stereocenters. The molecule has 1 aliphatic heterocycles. The van der Waals surface area contributed by atoms with Crippen LogP contribution in [0.25, 0.3) is 6.08 Å². The lowest BCUT2D eigenvalue weighted by Gasteiger charge is -2.32. The highest BCUT2D eigenvalue weighted by molar-refractivity contribution is 5.96. The molecule has 2 N–H and O–H groups in total. The van der Waals surface area contributed by atoms with Crippen molar-refractivity contribution >= 4 is 30.0 Å². The molecule has 1 saturated heterocycles. The maximum absolute atomic E-state index is 13.3. The zero-order chi connectivity index (χ0) is 26.1. The molecule has 1 heterocycles. The first-order valence-corrected chi connectivity index (χ1v) is 11.2. The number of ether oxygens (including phenoxy) is 1. The summed E-state index contributed by atoms with van der Waals surface area (Å²) >= 11 is 0. The number of hydrogen-bond acceptors (Lipinski definition) is 5. The maximum atomic E-state index is 13.3. The number of carbonyl (C=O) groups is 3. The molecular weight excluding hydrogens is 479 g/mol. The Balaban J connectivity index is 1.83. The van der Waals surface area contributed by atoms with Crippen LogP contribution in [0.1, 0.15) is 22.7 Å². The van der Waals surface area contributed by atoms with E-state index in [0.717, 1.165) is 30.3 Å². The average molecular weight is 505 g/mol. The lowest BCUT2D eigenvalue weighted by Crippen LogP contribution is -2.44. The molecule has 0 saturated carbocycles. The van der Waals surface area contributed by atoms with E-state index in [4.69, 9.17) is 9.84 Å². The average Bonchev–Trinajstić information content (AvgIpc) is 2.86. The van der Waals surface area contributed by atoms with Gasteiger partial charge in [-0.1, -0.05) is 24.3 Å². The van der Waals surface area contributed by atoms with Gasteiger partial charge in [0.25, 0.3) is 5.91 Å². The molecule has 1 fully saturated rings. The van der Waals surface area contributed by atoms with Crippen molar-refractivity contribution in [2.45, 2.75) is 12.2 Å². The zero-order valence-corrected chi connectivity index (χ0v) is 19.3. The van der Waals surface area contributed by atoms with E-state index < -0.39 is 29.7 Å². The fourth-order valence-electron chi connectivity index (χ4n) is 3.73. The number of alkyl halides is 3. The van der Waals surface area contributed by atoms with Gasteiger partial charge in [-0.05, 0) is 41.5 Å². The van der Waals surface area contributed by atoms with Crippen molar-refractivity contribution in [1.29, 1.82) is 0 Å². The van der Waals surface area contributed by atoms with Gasteiger partial charge in [0.05, 0.1) is 18.8 Å². The first-order chi connectivity index (χ1) is 17.2. The monoisotopic (exact) mass is 505 g/mol. The summed E-state index contributed by atoms with van der Waals surface area (Å²) in [7, 11) is 0. The van der Waals surface area contributed by atoms with Gasteiger partial charge < -0.3 is 20.1 Å². The maximum Gasteiger partial charge on any atom is 0.416 e. The van der Waals surface area contributed by atoms with Crippen LogP contribution in [0.3, 0.4) is 0 Å². The third-order valence-corrected chi connectivity index (χ3v) is 5.64. The molecule has 0 radical (unpaired) electrons. The van der Waals surface area contributed by atoms with Crippen LogP contribution in [0.5, 0.6) is 0 Å². The minimum Gasteiger partial charge on any atom is -0.478 e. The van der Waals surface area contributed by atoms with Crippen molar-refractivity contribution in [2.75, 3.05) is 44.7 Å². The summed E-state index contributed by atoms with van der Waals surface area (Å²) in [5.74, 6) is -1.71. The molecule has 2 aromatic rings. The van der Waals surface area contributed by atoms with E-state index in [2.05, 4.69) is 10.2 Å². The molecule has 1 atom stereocenters. The lowest BCUT2D eigenvalue weighted by molar-refractivity contribution is -0.137. The topological polar surface area (TPSA) is 99.2 Å². The first kappa shape index (κ1) is 26.9. The number of hydrogen-bond donors (Lipinski definition) is 2. The highest BCUT2D eigenvalue weighted by atomic mass is 19.4. The van der Waals surface area contributed by atoms with Gasteiger partial charge in [0.1, 0.15) is 6.04 Å². The number of halogens is 3. The van der Waals surface area contributed by atoms with Crippen LogP contribution in [0, 0.1) is 0 Å². The lowest BCUT2D eigenvalue weighted by atomic mass is 10.0. The fraction of sp³-hybridized carbons (Fsp3) is 0.320. The normalized spacial score (nSPS) is 15.4. The SMILES string of the molecule is O=CN(CCN1CCOCC1)C(C(=O)Nc1ccc(C(F)(F)F)cc1)c1ccc(/C=C/C(=O)O)cc1. The number of nitrogens with one attached hydrogen (secondary N) is 1. The van der Waals surface area contributed by atoms with Crippen molar-refractivity contribution in [3.63, 3.8) is 0 Å². The molecule has 11 heteroatoms. The molecule has 192 valence electrons. The molecule has 2 aromatic carbocycles. The van der Waals surface area contributed by atoms with Gasteiger partial charge in [-0.25, -0.2) is 4.79 Å². The smallest absolute Gasteiger partial charge is 0.416 e. The van der Waals surface area contributed by atoms with E-state index in [9.17, 15) is 27.6 Å². The summed E-state index contributed by atoms with van der Waals surface area (Å²) < 4.78 is 43.9. The Bertz CT molecular complexity index is 1070. The fourth-order valence-corrected chi connectivity index (χ4v) is 3.73. The van der Waals surface area contributed by atoms with Gasteiger partial charge in [-0.3, -0.25) is 14.5 Å². The number of carbonyl (C=O) groups excluding carboxylic acids is 2. The predicted molar refractivity (Wildman–Crippen MR) is 126 cm³/mol. The van der Waals surface area contributed by atoms with E-state index in [1.165, 1.54) is 11.0 Å². The molecule has 3 rings (SSSR count). The number of benzene rings is 2. The Hall–Kier alpha value is -3.70. The Morgan fingerprint density at radius 1 is 1.08 bits per heavy atom. The second-order valence-electron chi connectivity index (χ2n) is 8.10. The number of amides is 2. The molecule has 0 spiro atoms. The number of carboxylic acids is 1. The van der Waals surface area contributed by atoms with Crippen LogP contribution < -0.4 is 5.32 Å². The molecule has 8 nitrogen and oxygen atoms in total. The number of nitrogens with zero attached hydrogens (tertiary/aromatic N) is 2. The van der Waals surface area contributed by atoms with Gasteiger partial charge >= 0.3 is 12.1 Å². The third-order valence-electron chi connectivity index (χ3n) is 5.64. The highest BCUT2D eigenvalue weighted by Gasteiger charge is 2.31. The molecule has 1 aliphatic rings. The number of carboxylic acid groups (broad SMARTS) is 1. The molecule has 0 aliphatic carbocycles.